The van der Waals surface area contributed by atoms with E-state index in [4.69, 9.17) is 5.73 Å². The van der Waals surface area contributed by atoms with E-state index in [-0.39, 0.29) is 5.91 Å². The number of aromatic nitrogens is 1. The lowest BCUT2D eigenvalue weighted by atomic mass is 10.0. The van der Waals surface area contributed by atoms with Gasteiger partial charge in [-0.15, -0.1) is 0 Å². The van der Waals surface area contributed by atoms with Gasteiger partial charge in [-0.05, 0) is 38.3 Å². The molecular formula is C16H19N3O. The molecule has 1 fully saturated rings. The lowest BCUT2D eigenvalue weighted by Crippen LogP contribution is -2.42. The number of carbonyl (C=O) groups excluding carboxylic acids is 1. The highest BCUT2D eigenvalue weighted by Crippen LogP contribution is 2.22. The van der Waals surface area contributed by atoms with Crippen LogP contribution < -0.4 is 5.73 Å². The van der Waals surface area contributed by atoms with E-state index < -0.39 is 0 Å². The number of likely N-dealkylation sites (tertiary alicyclic amines) is 1. The largest absolute Gasteiger partial charge is 0.397 e. The third kappa shape index (κ3) is 2.22. The van der Waals surface area contributed by atoms with Crippen molar-refractivity contribution in [3.8, 4) is 0 Å². The summed E-state index contributed by atoms with van der Waals surface area (Å²) >= 11 is 0. The summed E-state index contributed by atoms with van der Waals surface area (Å²) in [6.45, 7) is 2.93. The van der Waals surface area contributed by atoms with Gasteiger partial charge in [-0.1, -0.05) is 18.2 Å². The van der Waals surface area contributed by atoms with E-state index in [2.05, 4.69) is 11.9 Å². The summed E-state index contributed by atoms with van der Waals surface area (Å²) in [5.41, 5.74) is 7.76. The first-order chi connectivity index (χ1) is 9.66. The van der Waals surface area contributed by atoms with Gasteiger partial charge >= 0.3 is 0 Å². The molecule has 0 aliphatic carbocycles. The van der Waals surface area contributed by atoms with Gasteiger partial charge in [0.1, 0.15) is 5.69 Å². The van der Waals surface area contributed by atoms with Crippen LogP contribution in [0.4, 0.5) is 5.69 Å². The quantitative estimate of drug-likeness (QED) is 0.810. The Labute approximate surface area is 118 Å². The summed E-state index contributed by atoms with van der Waals surface area (Å²) in [7, 11) is 0. The van der Waals surface area contributed by atoms with Crippen LogP contribution in [0.3, 0.4) is 0 Å². The number of para-hydroxylation sites is 1. The van der Waals surface area contributed by atoms with Gasteiger partial charge in [-0.2, -0.15) is 0 Å². The molecule has 104 valence electrons. The molecule has 2 heterocycles. The smallest absolute Gasteiger partial charge is 0.272 e. The number of carbonyl (C=O) groups is 1. The molecule has 3 rings (SSSR count). The number of pyridine rings is 1. The van der Waals surface area contributed by atoms with Crippen LogP contribution in [-0.4, -0.2) is 28.4 Å². The van der Waals surface area contributed by atoms with Crippen molar-refractivity contribution < 1.29 is 4.79 Å². The van der Waals surface area contributed by atoms with Crippen molar-refractivity contribution in [3.63, 3.8) is 0 Å². The molecule has 4 nitrogen and oxygen atoms in total. The molecule has 20 heavy (non-hydrogen) atoms. The second kappa shape index (κ2) is 5.12. The standard InChI is InChI=1S/C16H19N3O/c1-11-5-2-3-10-19(11)16(20)14-9-8-12-6-4-7-13(17)15(12)18-14/h4,6-9,11H,2-3,5,10,17H2,1H3. The summed E-state index contributed by atoms with van der Waals surface area (Å²) in [6, 6.07) is 9.67. The van der Waals surface area contributed by atoms with E-state index in [0.717, 1.165) is 24.8 Å². The predicted molar refractivity (Wildman–Crippen MR) is 80.5 cm³/mol. The lowest BCUT2D eigenvalue weighted by molar-refractivity contribution is 0.0630. The summed E-state index contributed by atoms with van der Waals surface area (Å²) in [4.78, 5) is 19.0. The maximum Gasteiger partial charge on any atom is 0.272 e. The zero-order valence-corrected chi connectivity index (χ0v) is 11.7. The second-order valence-electron chi connectivity index (χ2n) is 5.46. The third-order valence-electron chi connectivity index (χ3n) is 4.03. The first-order valence-corrected chi connectivity index (χ1v) is 7.13. The minimum absolute atomic E-state index is 0.0161. The predicted octanol–water partition coefficient (Wildman–Crippen LogP) is 2.83. The van der Waals surface area contributed by atoms with Gasteiger partial charge in [0.05, 0.1) is 11.2 Å². The number of fused-ring (bicyclic) bond motifs is 1. The molecule has 1 aliphatic heterocycles. The summed E-state index contributed by atoms with van der Waals surface area (Å²) in [6.07, 6.45) is 3.34. The number of anilines is 1. The SMILES string of the molecule is CC1CCCCN1C(=O)c1ccc2cccc(N)c2n1. The van der Waals surface area contributed by atoms with Crippen LogP contribution in [0.25, 0.3) is 10.9 Å². The second-order valence-corrected chi connectivity index (χ2v) is 5.46. The minimum atomic E-state index is 0.0161. The van der Waals surface area contributed by atoms with Crippen LogP contribution in [0.1, 0.15) is 36.7 Å². The molecule has 1 amide bonds. The Morgan fingerprint density at radius 1 is 1.30 bits per heavy atom. The Balaban J connectivity index is 1.97. The van der Waals surface area contributed by atoms with Crippen molar-refractivity contribution in [2.45, 2.75) is 32.2 Å². The molecule has 0 radical (unpaired) electrons. The average molecular weight is 269 g/mol. The Bertz CT molecular complexity index is 653. The Hall–Kier alpha value is -2.10. The number of piperidine rings is 1. The first-order valence-electron chi connectivity index (χ1n) is 7.13. The molecule has 4 heteroatoms. The first kappa shape index (κ1) is 12.9. The van der Waals surface area contributed by atoms with Gasteiger partial charge in [-0.3, -0.25) is 4.79 Å². The maximum atomic E-state index is 12.6. The van der Waals surface area contributed by atoms with E-state index in [1.807, 2.05) is 29.2 Å². The number of rotatable bonds is 1. The Morgan fingerprint density at radius 3 is 2.95 bits per heavy atom. The number of nitrogens with zero attached hydrogens (tertiary/aromatic N) is 2. The van der Waals surface area contributed by atoms with Crippen molar-refractivity contribution >= 4 is 22.5 Å². The van der Waals surface area contributed by atoms with Crippen LogP contribution in [0.2, 0.25) is 0 Å². The summed E-state index contributed by atoms with van der Waals surface area (Å²) < 4.78 is 0. The third-order valence-corrected chi connectivity index (χ3v) is 4.03. The molecule has 2 N–H and O–H groups in total. The van der Waals surface area contributed by atoms with Gasteiger partial charge in [-0.25, -0.2) is 4.98 Å². The number of amides is 1. The number of hydrogen-bond donors (Lipinski definition) is 1. The van der Waals surface area contributed by atoms with E-state index in [9.17, 15) is 4.79 Å². The van der Waals surface area contributed by atoms with E-state index in [1.165, 1.54) is 6.42 Å². The minimum Gasteiger partial charge on any atom is -0.397 e. The molecule has 1 aliphatic rings. The molecule has 1 aromatic carbocycles. The Kier molecular flexibility index (Phi) is 3.30. The topological polar surface area (TPSA) is 59.2 Å². The summed E-state index contributed by atoms with van der Waals surface area (Å²) in [5, 5.41) is 0.966. The van der Waals surface area contributed by atoms with Gasteiger partial charge in [0.25, 0.3) is 5.91 Å². The molecular weight excluding hydrogens is 250 g/mol. The van der Waals surface area contributed by atoms with Crippen LogP contribution >= 0.6 is 0 Å². The van der Waals surface area contributed by atoms with Crippen molar-refractivity contribution in [2.75, 3.05) is 12.3 Å². The van der Waals surface area contributed by atoms with Crippen molar-refractivity contribution in [2.24, 2.45) is 0 Å². The molecule has 1 aromatic heterocycles. The monoisotopic (exact) mass is 269 g/mol. The van der Waals surface area contributed by atoms with E-state index >= 15 is 0 Å². The normalized spacial score (nSPS) is 19.2. The fraction of sp³-hybridized carbons (Fsp3) is 0.375. The fourth-order valence-electron chi connectivity index (χ4n) is 2.84. The van der Waals surface area contributed by atoms with Crippen molar-refractivity contribution in [1.82, 2.24) is 9.88 Å². The molecule has 1 unspecified atom stereocenters. The van der Waals surface area contributed by atoms with E-state index in [0.29, 0.717) is 22.9 Å². The average Bonchev–Trinajstić information content (AvgIpc) is 2.47. The van der Waals surface area contributed by atoms with Crippen LogP contribution in [0, 0.1) is 0 Å². The van der Waals surface area contributed by atoms with Gasteiger partial charge < -0.3 is 10.6 Å². The molecule has 1 atom stereocenters. The Morgan fingerprint density at radius 2 is 2.15 bits per heavy atom. The number of hydrogen-bond acceptors (Lipinski definition) is 3. The van der Waals surface area contributed by atoms with E-state index in [1.54, 1.807) is 6.07 Å². The lowest BCUT2D eigenvalue weighted by Gasteiger charge is -2.33. The molecule has 0 bridgehead atoms. The molecule has 1 saturated heterocycles. The number of nitrogens with two attached hydrogens (primary N) is 1. The van der Waals surface area contributed by atoms with Gasteiger partial charge in [0, 0.05) is 18.0 Å². The zero-order chi connectivity index (χ0) is 14.1. The highest BCUT2D eigenvalue weighted by Gasteiger charge is 2.25. The zero-order valence-electron chi connectivity index (χ0n) is 11.7. The molecule has 0 spiro atoms. The number of benzene rings is 1. The van der Waals surface area contributed by atoms with Gasteiger partial charge in [0.2, 0.25) is 0 Å². The highest BCUT2D eigenvalue weighted by molar-refractivity contribution is 5.97. The van der Waals surface area contributed by atoms with Crippen LogP contribution in [0.5, 0.6) is 0 Å². The van der Waals surface area contributed by atoms with Crippen LogP contribution in [-0.2, 0) is 0 Å². The highest BCUT2D eigenvalue weighted by atomic mass is 16.2. The van der Waals surface area contributed by atoms with Crippen molar-refractivity contribution in [1.29, 1.82) is 0 Å². The number of nitrogen functional groups attached to an aromatic ring is 1. The fourth-order valence-corrected chi connectivity index (χ4v) is 2.84. The van der Waals surface area contributed by atoms with Crippen molar-refractivity contribution in [3.05, 3.63) is 36.0 Å². The van der Waals surface area contributed by atoms with Crippen LogP contribution in [0.15, 0.2) is 30.3 Å². The summed E-state index contributed by atoms with van der Waals surface area (Å²) in [5.74, 6) is 0.0161. The van der Waals surface area contributed by atoms with Gasteiger partial charge in [0.15, 0.2) is 0 Å². The maximum absolute atomic E-state index is 12.6. The molecule has 2 aromatic rings. The molecule has 0 saturated carbocycles.